The molecule has 3 aromatic rings. The van der Waals surface area contributed by atoms with E-state index < -0.39 is 16.1 Å². The summed E-state index contributed by atoms with van der Waals surface area (Å²) < 4.78 is 32.8. The van der Waals surface area contributed by atoms with E-state index in [1.807, 2.05) is 54.6 Å². The number of sulfonamides is 1. The summed E-state index contributed by atoms with van der Waals surface area (Å²) in [5, 5.41) is 3.26. The number of carbonyl (C=O) groups excluding carboxylic acids is 2. The topological polar surface area (TPSA) is 96.0 Å². The van der Waals surface area contributed by atoms with Crippen LogP contribution in [0.2, 0.25) is 0 Å². The lowest BCUT2D eigenvalue weighted by molar-refractivity contribution is -0.141. The van der Waals surface area contributed by atoms with Gasteiger partial charge in [-0.05, 0) is 66.8 Å². The van der Waals surface area contributed by atoms with Crippen molar-refractivity contribution in [2.24, 2.45) is 0 Å². The van der Waals surface area contributed by atoms with Gasteiger partial charge in [0.15, 0.2) is 0 Å². The van der Waals surface area contributed by atoms with E-state index in [1.165, 1.54) is 10.7 Å². The summed E-state index contributed by atoms with van der Waals surface area (Å²) in [7, 11) is -2.05. The molecule has 10 heteroatoms. The maximum Gasteiger partial charge on any atom is 0.243 e. The van der Waals surface area contributed by atoms with Crippen LogP contribution in [0.3, 0.4) is 0 Å². The molecule has 1 atom stereocenters. The minimum atomic E-state index is -3.60. The predicted molar refractivity (Wildman–Crippen MR) is 178 cm³/mol. The largest absolute Gasteiger partial charge is 0.497 e. The number of hydrogen-bond donors (Lipinski definition) is 1. The standard InChI is InChI=1S/C34H42BrN3O5S/c1-43-31-20-18-30(19-21-31)38(44(2,41)42)22-10-17-33(39)37(25-27-13-9-14-28(35)23-27)32(24-26-11-5-3-6-12-26)34(40)36-29-15-7-4-8-16-29/h3,5-6,9,11-14,18-21,23,29,32H,4,7-8,10,15-17,22,24-25H2,1-2H3,(H,36,40)/t32-/m0/s1. The van der Waals surface area contributed by atoms with Crippen LogP contribution >= 0.6 is 15.9 Å². The van der Waals surface area contributed by atoms with E-state index in [-0.39, 0.29) is 43.8 Å². The van der Waals surface area contributed by atoms with Gasteiger partial charge in [0.25, 0.3) is 0 Å². The third kappa shape index (κ3) is 9.82. The van der Waals surface area contributed by atoms with E-state index in [1.54, 1.807) is 36.3 Å². The van der Waals surface area contributed by atoms with Crippen LogP contribution < -0.4 is 14.4 Å². The molecule has 0 saturated heterocycles. The van der Waals surface area contributed by atoms with Crippen LogP contribution in [0.5, 0.6) is 5.75 Å². The highest BCUT2D eigenvalue weighted by molar-refractivity contribution is 9.10. The van der Waals surface area contributed by atoms with Gasteiger partial charge in [-0.15, -0.1) is 0 Å². The number of amides is 2. The number of ether oxygens (including phenoxy) is 1. The number of halogens is 1. The van der Waals surface area contributed by atoms with Crippen molar-refractivity contribution in [2.45, 2.75) is 70.0 Å². The smallest absolute Gasteiger partial charge is 0.243 e. The monoisotopic (exact) mass is 683 g/mol. The second-order valence-corrected chi connectivity index (χ2v) is 14.2. The number of nitrogens with zero attached hydrogens (tertiary/aromatic N) is 2. The molecule has 0 aliphatic heterocycles. The number of anilines is 1. The Morgan fingerprint density at radius 1 is 0.955 bits per heavy atom. The van der Waals surface area contributed by atoms with Gasteiger partial charge in [0.1, 0.15) is 11.8 Å². The van der Waals surface area contributed by atoms with Crippen LogP contribution in [0, 0.1) is 0 Å². The Bertz CT molecular complexity index is 1480. The molecule has 0 aromatic heterocycles. The lowest BCUT2D eigenvalue weighted by Crippen LogP contribution is -2.52. The zero-order chi connectivity index (χ0) is 31.5. The molecule has 4 rings (SSSR count). The van der Waals surface area contributed by atoms with Gasteiger partial charge in [-0.25, -0.2) is 8.42 Å². The van der Waals surface area contributed by atoms with Gasteiger partial charge in [0, 0.05) is 36.4 Å². The molecular formula is C34H42BrN3O5S. The molecule has 0 radical (unpaired) electrons. The minimum Gasteiger partial charge on any atom is -0.497 e. The maximum atomic E-state index is 14.1. The number of benzene rings is 3. The second kappa shape index (κ2) is 16.1. The lowest BCUT2D eigenvalue weighted by Gasteiger charge is -2.34. The molecule has 0 heterocycles. The molecule has 1 saturated carbocycles. The van der Waals surface area contributed by atoms with E-state index in [0.29, 0.717) is 17.9 Å². The van der Waals surface area contributed by atoms with Crippen molar-refractivity contribution >= 4 is 43.5 Å². The molecule has 0 unspecified atom stereocenters. The van der Waals surface area contributed by atoms with Gasteiger partial charge in [-0.1, -0.05) is 77.7 Å². The fourth-order valence-corrected chi connectivity index (χ4v) is 7.09. The van der Waals surface area contributed by atoms with Crippen molar-refractivity contribution in [3.05, 3.63) is 94.5 Å². The van der Waals surface area contributed by atoms with Crippen molar-refractivity contribution in [3.8, 4) is 5.75 Å². The summed E-state index contributed by atoms with van der Waals surface area (Å²) >= 11 is 3.53. The molecule has 236 valence electrons. The molecule has 8 nitrogen and oxygen atoms in total. The lowest BCUT2D eigenvalue weighted by atomic mass is 9.94. The summed E-state index contributed by atoms with van der Waals surface area (Å²) in [6, 6.07) is 23.6. The van der Waals surface area contributed by atoms with Gasteiger partial charge in [-0.2, -0.15) is 0 Å². The first-order chi connectivity index (χ1) is 21.1. The Labute approximate surface area is 270 Å². The van der Waals surface area contributed by atoms with Gasteiger partial charge < -0.3 is 15.0 Å². The Kier molecular flexibility index (Phi) is 12.3. The summed E-state index contributed by atoms with van der Waals surface area (Å²) in [5.41, 5.74) is 2.36. The summed E-state index contributed by atoms with van der Waals surface area (Å²) in [6.45, 7) is 0.376. The molecule has 2 amide bonds. The Morgan fingerprint density at radius 3 is 2.27 bits per heavy atom. The van der Waals surface area contributed by atoms with E-state index in [9.17, 15) is 18.0 Å². The number of methoxy groups -OCH3 is 1. The molecular weight excluding hydrogens is 642 g/mol. The van der Waals surface area contributed by atoms with Crippen molar-refractivity contribution < 1.29 is 22.7 Å². The molecule has 1 aliphatic carbocycles. The second-order valence-electron chi connectivity index (χ2n) is 11.3. The Morgan fingerprint density at radius 2 is 1.64 bits per heavy atom. The molecule has 0 spiro atoms. The number of rotatable bonds is 14. The summed E-state index contributed by atoms with van der Waals surface area (Å²) in [4.78, 5) is 29.7. The van der Waals surface area contributed by atoms with Crippen LogP contribution in [0.15, 0.2) is 83.3 Å². The zero-order valence-electron chi connectivity index (χ0n) is 25.5. The van der Waals surface area contributed by atoms with Crippen LogP contribution in [0.1, 0.15) is 56.1 Å². The van der Waals surface area contributed by atoms with Crippen molar-refractivity contribution in [1.29, 1.82) is 0 Å². The molecule has 3 aromatic carbocycles. The molecule has 44 heavy (non-hydrogen) atoms. The molecule has 1 aliphatic rings. The van der Waals surface area contributed by atoms with Gasteiger partial charge in [0.05, 0.1) is 19.1 Å². The van der Waals surface area contributed by atoms with Crippen molar-refractivity contribution in [2.75, 3.05) is 24.2 Å². The SMILES string of the molecule is COc1ccc(N(CCCC(=O)N(Cc2cccc(Br)c2)[C@@H](Cc2ccccc2)C(=O)NC2CCCCC2)S(C)(=O)=O)cc1. The first kappa shape index (κ1) is 33.5. The number of carbonyl (C=O) groups is 2. The van der Waals surface area contributed by atoms with Gasteiger partial charge in [-0.3, -0.25) is 13.9 Å². The first-order valence-corrected chi connectivity index (χ1v) is 17.8. The van der Waals surface area contributed by atoms with Crippen LogP contribution in [0.4, 0.5) is 5.69 Å². The average molecular weight is 685 g/mol. The van der Waals surface area contributed by atoms with Gasteiger partial charge in [0.2, 0.25) is 21.8 Å². The molecule has 1 N–H and O–H groups in total. The van der Waals surface area contributed by atoms with Crippen LogP contribution in [-0.4, -0.2) is 57.1 Å². The summed E-state index contributed by atoms with van der Waals surface area (Å²) in [5.74, 6) is 0.268. The third-order valence-electron chi connectivity index (χ3n) is 7.98. The van der Waals surface area contributed by atoms with Crippen molar-refractivity contribution in [3.63, 3.8) is 0 Å². The average Bonchev–Trinajstić information content (AvgIpc) is 3.01. The Balaban J connectivity index is 1.58. The van der Waals surface area contributed by atoms with E-state index in [4.69, 9.17) is 4.74 Å². The van der Waals surface area contributed by atoms with Gasteiger partial charge >= 0.3 is 0 Å². The van der Waals surface area contributed by atoms with E-state index >= 15 is 0 Å². The maximum absolute atomic E-state index is 14.1. The third-order valence-corrected chi connectivity index (χ3v) is 9.66. The minimum absolute atomic E-state index is 0.0815. The fraction of sp³-hybridized carbons (Fsp3) is 0.412. The van der Waals surface area contributed by atoms with Crippen molar-refractivity contribution in [1.82, 2.24) is 10.2 Å². The highest BCUT2D eigenvalue weighted by Crippen LogP contribution is 2.24. The highest BCUT2D eigenvalue weighted by Gasteiger charge is 2.32. The van der Waals surface area contributed by atoms with Crippen LogP contribution in [0.25, 0.3) is 0 Å². The number of nitrogens with one attached hydrogen (secondary N) is 1. The van der Waals surface area contributed by atoms with E-state index in [0.717, 1.165) is 47.5 Å². The molecule has 1 fully saturated rings. The fourth-order valence-electron chi connectivity index (χ4n) is 5.68. The quantitative estimate of drug-likeness (QED) is 0.222. The first-order valence-electron chi connectivity index (χ1n) is 15.1. The predicted octanol–water partition coefficient (Wildman–Crippen LogP) is 6.09. The normalized spacial score (nSPS) is 14.4. The van der Waals surface area contributed by atoms with Crippen LogP contribution in [-0.2, 0) is 32.6 Å². The number of hydrogen-bond acceptors (Lipinski definition) is 5. The van der Waals surface area contributed by atoms with E-state index in [2.05, 4.69) is 21.2 Å². The molecule has 0 bridgehead atoms. The Hall–Kier alpha value is -3.37. The zero-order valence-corrected chi connectivity index (χ0v) is 27.9. The highest BCUT2D eigenvalue weighted by atomic mass is 79.9. The summed E-state index contributed by atoms with van der Waals surface area (Å²) in [6.07, 6.45) is 7.12.